The van der Waals surface area contributed by atoms with Crippen LogP contribution in [0.4, 0.5) is 0 Å². The molecule has 2 amide bonds. The maximum Gasteiger partial charge on any atom is 0.245 e. The van der Waals surface area contributed by atoms with Crippen LogP contribution in [0.25, 0.3) is 22.5 Å². The van der Waals surface area contributed by atoms with Crippen LogP contribution >= 0.6 is 0 Å². The quantitative estimate of drug-likeness (QED) is 0.274. The monoisotopic (exact) mass is 525 g/mol. The number of benzene rings is 3. The number of tetrazole rings is 1. The van der Waals surface area contributed by atoms with Crippen LogP contribution in [-0.2, 0) is 22.6 Å². The minimum Gasteiger partial charge on any atom is -0.344 e. The number of aryl methyl sites for hydroxylation is 1. The number of aromatic nitrogens is 4. The van der Waals surface area contributed by atoms with Gasteiger partial charge in [-0.25, -0.2) is 0 Å². The molecule has 0 aliphatic rings. The van der Waals surface area contributed by atoms with Crippen LogP contribution in [0.2, 0.25) is 0 Å². The zero-order valence-electron chi connectivity index (χ0n) is 22.6. The molecule has 0 bridgehead atoms. The van der Waals surface area contributed by atoms with E-state index in [2.05, 4.69) is 25.9 Å². The fraction of sp³-hybridized carbons (Fsp3) is 0.300. The lowest BCUT2D eigenvalue weighted by Gasteiger charge is -2.26. The minimum atomic E-state index is -0.660. The van der Waals surface area contributed by atoms with Crippen LogP contribution in [0.5, 0.6) is 0 Å². The van der Waals surface area contributed by atoms with Gasteiger partial charge in [-0.1, -0.05) is 78.9 Å². The molecule has 1 atom stereocenters. The predicted molar refractivity (Wildman–Crippen MR) is 151 cm³/mol. The number of aromatic amines is 1. The van der Waals surface area contributed by atoms with Crippen molar-refractivity contribution < 1.29 is 9.59 Å². The van der Waals surface area contributed by atoms with E-state index in [1.807, 2.05) is 78.9 Å². The van der Waals surface area contributed by atoms with Gasteiger partial charge in [-0.05, 0) is 54.2 Å². The molecular weight excluding hydrogens is 490 g/mol. The van der Waals surface area contributed by atoms with Gasteiger partial charge in [0.25, 0.3) is 0 Å². The van der Waals surface area contributed by atoms with E-state index in [4.69, 9.17) is 5.73 Å². The number of hydrogen-bond acceptors (Lipinski definition) is 6. The summed E-state index contributed by atoms with van der Waals surface area (Å²) in [5, 5.41) is 17.3. The summed E-state index contributed by atoms with van der Waals surface area (Å²) in [7, 11) is 1.76. The second-order valence-electron chi connectivity index (χ2n) is 10.5. The third kappa shape index (κ3) is 7.81. The highest BCUT2D eigenvalue weighted by molar-refractivity contribution is 5.88. The highest BCUT2D eigenvalue weighted by Gasteiger charge is 2.26. The van der Waals surface area contributed by atoms with Gasteiger partial charge in [0.15, 0.2) is 0 Å². The van der Waals surface area contributed by atoms with Crippen LogP contribution in [0.1, 0.15) is 37.8 Å². The van der Waals surface area contributed by atoms with Crippen molar-refractivity contribution in [2.75, 3.05) is 7.05 Å². The molecule has 0 spiro atoms. The number of hydrogen-bond donors (Lipinski definition) is 3. The molecule has 0 saturated heterocycles. The lowest BCUT2D eigenvalue weighted by Crippen LogP contribution is -2.49. The zero-order valence-corrected chi connectivity index (χ0v) is 22.6. The maximum atomic E-state index is 13.5. The number of carbonyl (C=O) groups is 2. The van der Waals surface area contributed by atoms with E-state index in [9.17, 15) is 9.59 Å². The Kier molecular flexibility index (Phi) is 8.83. The first-order valence-corrected chi connectivity index (χ1v) is 13.0. The number of likely N-dealkylation sites (N-methyl/N-ethyl adjacent to an activating group) is 1. The second kappa shape index (κ2) is 12.4. The average molecular weight is 526 g/mol. The van der Waals surface area contributed by atoms with Gasteiger partial charge in [-0.2, -0.15) is 5.21 Å². The van der Waals surface area contributed by atoms with Crippen LogP contribution in [0, 0.1) is 0 Å². The highest BCUT2D eigenvalue weighted by Crippen LogP contribution is 2.29. The molecule has 0 fully saturated rings. The normalized spacial score (nSPS) is 12.1. The number of H-pyrrole nitrogens is 1. The summed E-state index contributed by atoms with van der Waals surface area (Å²) in [6.45, 7) is 4.00. The fourth-order valence-corrected chi connectivity index (χ4v) is 4.49. The third-order valence-electron chi connectivity index (χ3n) is 6.39. The van der Waals surface area contributed by atoms with E-state index in [0.717, 1.165) is 27.8 Å². The standard InChI is InChI=1S/C30H35N7O2/c1-30(2,31)19-27(38)32-26(18-15-21-9-5-4-6-10-21)29(39)37(3)20-22-13-16-23(17-14-22)24-11-7-8-12-25(24)28-33-35-36-34-28/h4-14,16-17,26H,15,18-20,31H2,1-3H3,(H,32,38)(H,33,34,35,36)/t26-/m1/s1. The highest BCUT2D eigenvalue weighted by atomic mass is 16.2. The molecule has 9 heteroatoms. The summed E-state index contributed by atoms with van der Waals surface area (Å²) in [5.41, 5.74) is 10.3. The van der Waals surface area contributed by atoms with Gasteiger partial charge in [-0.3, -0.25) is 9.59 Å². The Balaban J connectivity index is 1.45. The van der Waals surface area contributed by atoms with Gasteiger partial charge < -0.3 is 16.0 Å². The first kappa shape index (κ1) is 27.7. The molecular formula is C30H35N7O2. The minimum absolute atomic E-state index is 0.138. The fourth-order valence-electron chi connectivity index (χ4n) is 4.49. The summed E-state index contributed by atoms with van der Waals surface area (Å²) >= 11 is 0. The Labute approximate surface area is 228 Å². The van der Waals surface area contributed by atoms with Crippen molar-refractivity contribution in [3.63, 3.8) is 0 Å². The molecule has 4 aromatic rings. The smallest absolute Gasteiger partial charge is 0.245 e. The van der Waals surface area contributed by atoms with Crippen molar-refractivity contribution in [3.05, 3.63) is 90.0 Å². The lowest BCUT2D eigenvalue weighted by atomic mass is 9.98. The summed E-state index contributed by atoms with van der Waals surface area (Å²) < 4.78 is 0. The van der Waals surface area contributed by atoms with Crippen molar-refractivity contribution >= 4 is 11.8 Å². The van der Waals surface area contributed by atoms with E-state index in [1.54, 1.807) is 25.8 Å². The molecule has 4 N–H and O–H groups in total. The summed E-state index contributed by atoms with van der Waals surface area (Å²) in [4.78, 5) is 27.8. The molecule has 202 valence electrons. The average Bonchev–Trinajstić information content (AvgIpc) is 3.46. The Morgan fingerprint density at radius 2 is 1.62 bits per heavy atom. The number of nitrogens with two attached hydrogens (primary N) is 1. The molecule has 0 saturated carbocycles. The topological polar surface area (TPSA) is 130 Å². The number of amides is 2. The SMILES string of the molecule is CN(Cc1ccc(-c2ccccc2-c2nn[nH]n2)cc1)C(=O)[C@@H](CCc1ccccc1)NC(=O)CC(C)(C)N. The third-order valence-corrected chi connectivity index (χ3v) is 6.39. The Hall–Kier alpha value is -4.37. The number of carbonyl (C=O) groups excluding carboxylic acids is 2. The van der Waals surface area contributed by atoms with Crippen molar-refractivity contribution in [1.29, 1.82) is 0 Å². The molecule has 3 aromatic carbocycles. The number of nitrogens with zero attached hydrogens (tertiary/aromatic N) is 4. The Bertz CT molecular complexity index is 1360. The molecule has 1 aromatic heterocycles. The van der Waals surface area contributed by atoms with Crippen molar-refractivity contribution in [3.8, 4) is 22.5 Å². The van der Waals surface area contributed by atoms with Crippen LogP contribution in [0.3, 0.4) is 0 Å². The first-order valence-electron chi connectivity index (χ1n) is 13.0. The van der Waals surface area contributed by atoms with Crippen molar-refractivity contribution in [2.45, 2.75) is 51.2 Å². The molecule has 9 nitrogen and oxygen atoms in total. The number of rotatable bonds is 11. The maximum absolute atomic E-state index is 13.5. The van der Waals surface area contributed by atoms with Crippen LogP contribution < -0.4 is 11.1 Å². The lowest BCUT2D eigenvalue weighted by molar-refractivity contribution is -0.136. The largest absolute Gasteiger partial charge is 0.344 e. The summed E-state index contributed by atoms with van der Waals surface area (Å²) in [6, 6.07) is 25.2. The molecule has 4 rings (SSSR count). The van der Waals surface area contributed by atoms with Gasteiger partial charge in [0, 0.05) is 31.1 Å². The van der Waals surface area contributed by atoms with E-state index >= 15 is 0 Å². The molecule has 39 heavy (non-hydrogen) atoms. The molecule has 0 aliphatic heterocycles. The van der Waals surface area contributed by atoms with E-state index in [0.29, 0.717) is 25.2 Å². The predicted octanol–water partition coefficient (Wildman–Crippen LogP) is 3.74. The first-order chi connectivity index (χ1) is 18.7. The Morgan fingerprint density at radius 3 is 2.26 bits per heavy atom. The van der Waals surface area contributed by atoms with Crippen molar-refractivity contribution in [1.82, 2.24) is 30.8 Å². The summed E-state index contributed by atoms with van der Waals surface area (Å²) in [5.74, 6) is 0.161. The molecule has 1 heterocycles. The van der Waals surface area contributed by atoms with E-state index in [1.165, 1.54) is 0 Å². The van der Waals surface area contributed by atoms with Gasteiger partial charge in [-0.15, -0.1) is 10.2 Å². The van der Waals surface area contributed by atoms with Gasteiger partial charge in [0.1, 0.15) is 6.04 Å². The second-order valence-corrected chi connectivity index (χ2v) is 10.5. The van der Waals surface area contributed by atoms with Crippen LogP contribution in [0.15, 0.2) is 78.9 Å². The zero-order chi connectivity index (χ0) is 27.8. The number of nitrogens with one attached hydrogen (secondary N) is 2. The van der Waals surface area contributed by atoms with E-state index in [-0.39, 0.29) is 18.2 Å². The molecule has 0 radical (unpaired) electrons. The molecule has 0 unspecified atom stereocenters. The molecule has 0 aliphatic carbocycles. The van der Waals surface area contributed by atoms with Gasteiger partial charge in [0.2, 0.25) is 17.6 Å². The van der Waals surface area contributed by atoms with Gasteiger partial charge in [0.05, 0.1) is 0 Å². The summed E-state index contributed by atoms with van der Waals surface area (Å²) in [6.07, 6.45) is 1.31. The Morgan fingerprint density at radius 1 is 0.949 bits per heavy atom. The van der Waals surface area contributed by atoms with Crippen LogP contribution in [-0.4, -0.2) is 56.0 Å². The van der Waals surface area contributed by atoms with Crippen molar-refractivity contribution in [2.24, 2.45) is 5.73 Å². The van der Waals surface area contributed by atoms with Gasteiger partial charge >= 0.3 is 0 Å². The van der Waals surface area contributed by atoms with E-state index < -0.39 is 11.6 Å².